The molecule has 0 radical (unpaired) electrons. The quantitative estimate of drug-likeness (QED) is 0.304. The summed E-state index contributed by atoms with van der Waals surface area (Å²) in [6.45, 7) is 7.68. The third-order valence-electron chi connectivity index (χ3n) is 5.59. The number of rotatable bonds is 9. The van der Waals surface area contributed by atoms with Gasteiger partial charge in [-0.1, -0.05) is 40.7 Å². The van der Waals surface area contributed by atoms with Gasteiger partial charge < -0.3 is 14.8 Å². The molecule has 1 amide bonds. The number of carbonyl (C=O) groups is 1. The number of halogens is 1. The summed E-state index contributed by atoms with van der Waals surface area (Å²) in [5.74, 6) is 1.37. The average Bonchev–Trinajstić information content (AvgIpc) is 3.01. The summed E-state index contributed by atoms with van der Waals surface area (Å²) in [5, 5.41) is 3.04. The zero-order chi connectivity index (χ0) is 24.8. The Bertz CT molecular complexity index is 1260. The Kier molecular flexibility index (Phi) is 8.52. The molecule has 182 valence electrons. The normalized spacial score (nSPS) is 12.2. The molecule has 4 rings (SSSR count). The fourth-order valence-corrected chi connectivity index (χ4v) is 5.28. The lowest BCUT2D eigenvalue weighted by Gasteiger charge is -2.13. The minimum absolute atomic E-state index is 0.105. The topological polar surface area (TPSA) is 59.9 Å². The van der Waals surface area contributed by atoms with Crippen LogP contribution in [0.15, 0.2) is 73.9 Å². The van der Waals surface area contributed by atoms with Gasteiger partial charge in [-0.15, -0.1) is 0 Å². The Morgan fingerprint density at radius 1 is 0.943 bits per heavy atom. The van der Waals surface area contributed by atoms with Crippen molar-refractivity contribution < 1.29 is 14.3 Å². The van der Waals surface area contributed by atoms with Crippen LogP contribution in [-0.2, 0) is 6.42 Å². The van der Waals surface area contributed by atoms with Gasteiger partial charge in [-0.05, 0) is 80.8 Å². The molecule has 0 fully saturated rings. The molecule has 1 N–H and O–H groups in total. The van der Waals surface area contributed by atoms with E-state index >= 15 is 0 Å². The highest BCUT2D eigenvalue weighted by Gasteiger charge is 2.18. The molecule has 3 aromatic rings. The average molecular weight is 554 g/mol. The van der Waals surface area contributed by atoms with Crippen LogP contribution >= 0.6 is 27.7 Å². The number of hydrogen-bond donors (Lipinski definition) is 1. The van der Waals surface area contributed by atoms with E-state index in [0.29, 0.717) is 31.7 Å². The van der Waals surface area contributed by atoms with Gasteiger partial charge in [0, 0.05) is 37.6 Å². The Morgan fingerprint density at radius 3 is 2.49 bits per heavy atom. The van der Waals surface area contributed by atoms with E-state index in [2.05, 4.69) is 40.3 Å². The maximum atomic E-state index is 12.9. The molecule has 0 bridgehead atoms. The van der Waals surface area contributed by atoms with E-state index in [0.717, 1.165) is 49.8 Å². The number of ether oxygens (including phenoxy) is 2. The largest absolute Gasteiger partial charge is 0.490 e. The number of aliphatic imine (C=N–C) groups is 1. The molecule has 1 heterocycles. The van der Waals surface area contributed by atoms with Crippen LogP contribution in [0, 0.1) is 0 Å². The van der Waals surface area contributed by atoms with E-state index in [4.69, 9.17) is 14.5 Å². The van der Waals surface area contributed by atoms with Gasteiger partial charge in [0.25, 0.3) is 5.91 Å². The first kappa shape index (κ1) is 25.3. The number of benzene rings is 3. The van der Waals surface area contributed by atoms with E-state index < -0.39 is 0 Å². The third kappa shape index (κ3) is 6.08. The molecular weight excluding hydrogens is 524 g/mol. The van der Waals surface area contributed by atoms with Crippen LogP contribution < -0.4 is 14.8 Å². The van der Waals surface area contributed by atoms with E-state index in [1.807, 2.05) is 56.3 Å². The first-order valence-electron chi connectivity index (χ1n) is 11.9. The van der Waals surface area contributed by atoms with Gasteiger partial charge in [-0.3, -0.25) is 9.79 Å². The summed E-state index contributed by atoms with van der Waals surface area (Å²) in [4.78, 5) is 20.1. The SMILES string of the molecule is CCOc1ccc(CCNC(=O)c2ccc3c(c2)N=C(CC)c2cc(Br)ccc2S3)cc1OCC. The second-order valence-electron chi connectivity index (χ2n) is 7.99. The first-order chi connectivity index (χ1) is 17.0. The highest BCUT2D eigenvalue weighted by Crippen LogP contribution is 2.41. The van der Waals surface area contributed by atoms with Crippen molar-refractivity contribution in [3.05, 3.63) is 75.8 Å². The highest BCUT2D eigenvalue weighted by atomic mass is 79.9. The van der Waals surface area contributed by atoms with Gasteiger partial charge in [0.1, 0.15) is 0 Å². The number of nitrogens with zero attached hydrogens (tertiary/aromatic N) is 1. The molecule has 3 aromatic carbocycles. The summed E-state index contributed by atoms with van der Waals surface area (Å²) < 4.78 is 12.4. The van der Waals surface area contributed by atoms with Crippen molar-refractivity contribution >= 4 is 45.0 Å². The Balaban J connectivity index is 1.46. The predicted octanol–water partition coefficient (Wildman–Crippen LogP) is 7.21. The number of amides is 1. The Labute approximate surface area is 219 Å². The number of hydrogen-bond acceptors (Lipinski definition) is 5. The van der Waals surface area contributed by atoms with Crippen molar-refractivity contribution in [2.45, 2.75) is 43.4 Å². The fraction of sp³-hybridized carbons (Fsp3) is 0.286. The summed E-state index contributed by atoms with van der Waals surface area (Å²) in [6.07, 6.45) is 1.51. The van der Waals surface area contributed by atoms with Gasteiger partial charge in [0.2, 0.25) is 0 Å². The highest BCUT2D eigenvalue weighted by molar-refractivity contribution is 9.10. The standard InChI is InChI=1S/C28H29BrN2O3S/c1-4-22-21-17-20(29)9-12-26(21)35-27-11-8-19(16-23(27)31-22)28(32)30-14-13-18-7-10-24(33-5-2)25(15-18)34-6-3/h7-12,15-17H,4-6,13-14H2,1-3H3,(H,30,32). The predicted molar refractivity (Wildman–Crippen MR) is 146 cm³/mol. The second-order valence-corrected chi connectivity index (χ2v) is 9.99. The van der Waals surface area contributed by atoms with Crippen molar-refractivity contribution in [2.24, 2.45) is 4.99 Å². The summed E-state index contributed by atoms with van der Waals surface area (Å²) in [5.41, 5.74) is 4.68. The summed E-state index contributed by atoms with van der Waals surface area (Å²) in [7, 11) is 0. The maximum Gasteiger partial charge on any atom is 0.251 e. The zero-order valence-electron chi connectivity index (χ0n) is 20.2. The lowest BCUT2D eigenvalue weighted by atomic mass is 10.1. The minimum atomic E-state index is -0.105. The minimum Gasteiger partial charge on any atom is -0.490 e. The number of carbonyl (C=O) groups excluding carboxylic acids is 1. The Hall–Kier alpha value is -2.77. The Morgan fingerprint density at radius 2 is 1.71 bits per heavy atom. The van der Waals surface area contributed by atoms with Crippen molar-refractivity contribution in [1.29, 1.82) is 0 Å². The molecule has 1 aliphatic rings. The maximum absolute atomic E-state index is 12.9. The molecule has 0 atom stereocenters. The van der Waals surface area contributed by atoms with E-state index in [1.165, 1.54) is 4.90 Å². The summed E-state index contributed by atoms with van der Waals surface area (Å²) in [6, 6.07) is 17.9. The second kappa shape index (κ2) is 11.8. The zero-order valence-corrected chi connectivity index (χ0v) is 22.6. The molecule has 0 saturated heterocycles. The molecule has 0 unspecified atom stereocenters. The van der Waals surface area contributed by atoms with Gasteiger partial charge in [-0.2, -0.15) is 0 Å². The molecule has 35 heavy (non-hydrogen) atoms. The van der Waals surface area contributed by atoms with Gasteiger partial charge in [0.05, 0.1) is 18.9 Å². The molecule has 0 spiro atoms. The lowest BCUT2D eigenvalue weighted by Crippen LogP contribution is -2.25. The fourth-order valence-electron chi connectivity index (χ4n) is 3.92. The van der Waals surface area contributed by atoms with Crippen molar-refractivity contribution in [1.82, 2.24) is 5.32 Å². The third-order valence-corrected chi connectivity index (χ3v) is 7.23. The lowest BCUT2D eigenvalue weighted by molar-refractivity contribution is 0.0954. The molecule has 7 heteroatoms. The molecule has 0 aromatic heterocycles. The van der Waals surface area contributed by atoms with Crippen LogP contribution in [0.3, 0.4) is 0 Å². The molecule has 0 aliphatic carbocycles. The van der Waals surface area contributed by atoms with Gasteiger partial charge >= 0.3 is 0 Å². The van der Waals surface area contributed by atoms with Crippen molar-refractivity contribution in [3.63, 3.8) is 0 Å². The van der Waals surface area contributed by atoms with Crippen LogP contribution in [0.5, 0.6) is 11.5 Å². The van der Waals surface area contributed by atoms with Gasteiger partial charge in [0.15, 0.2) is 11.5 Å². The van der Waals surface area contributed by atoms with Crippen LogP contribution in [0.25, 0.3) is 0 Å². The van der Waals surface area contributed by atoms with Crippen LogP contribution in [0.4, 0.5) is 5.69 Å². The molecule has 1 aliphatic heterocycles. The molecule has 0 saturated carbocycles. The van der Waals surface area contributed by atoms with E-state index in [-0.39, 0.29) is 5.91 Å². The van der Waals surface area contributed by atoms with Gasteiger partial charge in [-0.25, -0.2) is 0 Å². The van der Waals surface area contributed by atoms with Crippen molar-refractivity contribution in [3.8, 4) is 11.5 Å². The molecule has 5 nitrogen and oxygen atoms in total. The first-order valence-corrected chi connectivity index (χ1v) is 13.5. The monoisotopic (exact) mass is 552 g/mol. The van der Waals surface area contributed by atoms with Crippen molar-refractivity contribution in [2.75, 3.05) is 19.8 Å². The van der Waals surface area contributed by atoms with Crippen LogP contribution in [0.2, 0.25) is 0 Å². The number of nitrogens with one attached hydrogen (secondary N) is 1. The smallest absolute Gasteiger partial charge is 0.251 e. The van der Waals surface area contributed by atoms with Crippen LogP contribution in [-0.4, -0.2) is 31.4 Å². The summed E-state index contributed by atoms with van der Waals surface area (Å²) >= 11 is 5.26. The number of fused-ring (bicyclic) bond motifs is 2. The van der Waals surface area contributed by atoms with E-state index in [9.17, 15) is 4.79 Å². The van der Waals surface area contributed by atoms with Crippen LogP contribution in [0.1, 0.15) is 48.7 Å². The van der Waals surface area contributed by atoms with E-state index in [1.54, 1.807) is 11.8 Å². The molecular formula is C28H29BrN2O3S.